The van der Waals surface area contributed by atoms with Gasteiger partial charge in [0.05, 0.1) is 5.56 Å². The fourth-order valence-electron chi connectivity index (χ4n) is 2.28. The van der Waals surface area contributed by atoms with Crippen molar-refractivity contribution in [3.8, 4) is 11.5 Å². The molecule has 6 nitrogen and oxygen atoms in total. The fraction of sp³-hybridized carbons (Fsp3) is 0.611. The van der Waals surface area contributed by atoms with Crippen LogP contribution in [0.4, 0.5) is 10.7 Å². The number of ether oxygens (including phenoxy) is 1. The third-order valence-electron chi connectivity index (χ3n) is 3.41. The van der Waals surface area contributed by atoms with Crippen LogP contribution in [-0.2, 0) is 4.74 Å². The summed E-state index contributed by atoms with van der Waals surface area (Å²) in [7, 11) is -1.40. The maximum Gasteiger partial charge on any atom is 0.410 e. The third-order valence-corrected chi connectivity index (χ3v) is 4.28. The molecule has 0 bridgehead atoms. The van der Waals surface area contributed by atoms with Gasteiger partial charge in [0.25, 0.3) is 0 Å². The first kappa shape index (κ1) is 19.3. The number of carbonyl (C=O) groups excluding carboxylic acids is 1. The molecule has 2 rings (SSSR count). The minimum Gasteiger partial charge on any atom is -0.444 e. The molecule has 1 fully saturated rings. The molecule has 136 valence electrons. The monoisotopic (exact) mass is 360 g/mol. The van der Waals surface area contributed by atoms with Crippen molar-refractivity contribution in [2.45, 2.75) is 58.5 Å². The van der Waals surface area contributed by atoms with Gasteiger partial charge in [0.2, 0.25) is 5.95 Å². The average Bonchev–Trinajstić information content (AvgIpc) is 2.93. The lowest BCUT2D eigenvalue weighted by atomic mass is 10.2. The van der Waals surface area contributed by atoms with E-state index in [1.165, 1.54) is 0 Å². The van der Waals surface area contributed by atoms with Crippen LogP contribution in [0.15, 0.2) is 12.4 Å². The molecule has 7 heteroatoms. The van der Waals surface area contributed by atoms with E-state index < -0.39 is 13.7 Å². The van der Waals surface area contributed by atoms with E-state index in [1.807, 2.05) is 20.8 Å². The number of hydrogen-bond acceptors (Lipinski definition) is 5. The largest absolute Gasteiger partial charge is 0.444 e. The molecular weight excluding hydrogens is 332 g/mol. The van der Waals surface area contributed by atoms with E-state index >= 15 is 0 Å². The zero-order valence-electron chi connectivity index (χ0n) is 16.0. The predicted molar refractivity (Wildman–Crippen MR) is 102 cm³/mol. The van der Waals surface area contributed by atoms with E-state index in [9.17, 15) is 4.79 Å². The highest BCUT2D eigenvalue weighted by Gasteiger charge is 2.30. The Morgan fingerprint density at radius 1 is 1.32 bits per heavy atom. The van der Waals surface area contributed by atoms with Gasteiger partial charge in [-0.25, -0.2) is 14.8 Å². The molecule has 1 aliphatic rings. The second-order valence-corrected chi connectivity index (χ2v) is 13.1. The van der Waals surface area contributed by atoms with Crippen molar-refractivity contribution >= 4 is 20.1 Å². The van der Waals surface area contributed by atoms with Gasteiger partial charge < -0.3 is 15.0 Å². The molecule has 1 aromatic rings. The van der Waals surface area contributed by atoms with Crippen molar-refractivity contribution in [1.29, 1.82) is 0 Å². The minimum absolute atomic E-state index is 0.131. The lowest BCUT2D eigenvalue weighted by molar-refractivity contribution is 0.0293. The molecule has 2 heterocycles. The summed E-state index contributed by atoms with van der Waals surface area (Å²) in [6.45, 7) is 13.5. The van der Waals surface area contributed by atoms with Crippen LogP contribution >= 0.6 is 0 Å². The lowest BCUT2D eigenvalue weighted by Gasteiger charge is -2.24. The van der Waals surface area contributed by atoms with E-state index in [4.69, 9.17) is 4.74 Å². The normalized spacial score (nSPS) is 17.7. The van der Waals surface area contributed by atoms with Crippen molar-refractivity contribution in [1.82, 2.24) is 14.9 Å². The van der Waals surface area contributed by atoms with Crippen LogP contribution in [0.3, 0.4) is 0 Å². The van der Waals surface area contributed by atoms with Gasteiger partial charge in [-0.3, -0.25) is 0 Å². The zero-order chi connectivity index (χ0) is 18.7. The Kier molecular flexibility index (Phi) is 5.73. The summed E-state index contributed by atoms with van der Waals surface area (Å²) in [5.41, 5.74) is 3.65. The Hall–Kier alpha value is -2.07. The zero-order valence-corrected chi connectivity index (χ0v) is 17.0. The number of anilines is 1. The molecule has 0 radical (unpaired) electrons. The number of aromatic nitrogens is 2. The van der Waals surface area contributed by atoms with Crippen molar-refractivity contribution in [2.24, 2.45) is 0 Å². The molecule has 25 heavy (non-hydrogen) atoms. The van der Waals surface area contributed by atoms with Crippen molar-refractivity contribution in [2.75, 3.05) is 18.4 Å². The van der Waals surface area contributed by atoms with Gasteiger partial charge in [0.1, 0.15) is 13.7 Å². The van der Waals surface area contributed by atoms with Gasteiger partial charge in [-0.1, -0.05) is 25.6 Å². The Labute approximate surface area is 151 Å². The number of likely N-dealkylation sites (tertiary alicyclic amines) is 1. The summed E-state index contributed by atoms with van der Waals surface area (Å²) in [6.07, 6.45) is 4.06. The molecule has 0 saturated carbocycles. The topological polar surface area (TPSA) is 67.3 Å². The number of hydrogen-bond donors (Lipinski definition) is 1. The summed E-state index contributed by atoms with van der Waals surface area (Å²) in [5.74, 6) is 3.70. The highest BCUT2D eigenvalue weighted by Crippen LogP contribution is 2.17. The summed E-state index contributed by atoms with van der Waals surface area (Å²) in [5, 5.41) is 3.28. The highest BCUT2D eigenvalue weighted by atomic mass is 28.3. The summed E-state index contributed by atoms with van der Waals surface area (Å²) < 4.78 is 5.41. The third kappa shape index (κ3) is 6.75. The maximum absolute atomic E-state index is 12.1. The first-order valence-corrected chi connectivity index (χ1v) is 12.1. The van der Waals surface area contributed by atoms with E-state index in [-0.39, 0.29) is 12.1 Å². The number of rotatable bonds is 2. The first-order chi connectivity index (χ1) is 11.5. The van der Waals surface area contributed by atoms with Gasteiger partial charge in [-0.15, -0.1) is 5.54 Å². The maximum atomic E-state index is 12.1. The Bertz CT molecular complexity index is 666. The van der Waals surface area contributed by atoms with Gasteiger partial charge in [0, 0.05) is 31.5 Å². The predicted octanol–water partition coefficient (Wildman–Crippen LogP) is 3.13. The average molecular weight is 361 g/mol. The van der Waals surface area contributed by atoms with Crippen LogP contribution in [0.25, 0.3) is 0 Å². The van der Waals surface area contributed by atoms with Crippen LogP contribution < -0.4 is 5.32 Å². The molecule has 0 aliphatic carbocycles. The van der Waals surface area contributed by atoms with Crippen LogP contribution in [0.5, 0.6) is 0 Å². The van der Waals surface area contributed by atoms with Crippen molar-refractivity contribution in [3.05, 3.63) is 18.0 Å². The SMILES string of the molecule is CC(C)(C)OC(=O)N1CC[C@H](Nc2ncc(C#C[Si](C)(C)C)cn2)C1. The highest BCUT2D eigenvalue weighted by molar-refractivity contribution is 6.83. The second-order valence-electron chi connectivity index (χ2n) is 8.35. The summed E-state index contributed by atoms with van der Waals surface area (Å²) in [4.78, 5) is 22.5. The van der Waals surface area contributed by atoms with Crippen LogP contribution in [0.2, 0.25) is 19.6 Å². The van der Waals surface area contributed by atoms with Crippen LogP contribution in [0.1, 0.15) is 32.8 Å². The fourth-order valence-corrected chi connectivity index (χ4v) is 2.80. The van der Waals surface area contributed by atoms with Crippen molar-refractivity contribution < 1.29 is 9.53 Å². The first-order valence-electron chi connectivity index (χ1n) is 8.61. The second kappa shape index (κ2) is 7.44. The molecule has 1 atom stereocenters. The van der Waals surface area contributed by atoms with E-state index in [2.05, 4.69) is 46.4 Å². The molecule has 1 saturated heterocycles. The van der Waals surface area contributed by atoms with Gasteiger partial charge in [-0.2, -0.15) is 0 Å². The van der Waals surface area contributed by atoms with Crippen LogP contribution in [0, 0.1) is 11.5 Å². The summed E-state index contributed by atoms with van der Waals surface area (Å²) >= 11 is 0. The quantitative estimate of drug-likeness (QED) is 0.648. The van der Waals surface area contributed by atoms with Gasteiger partial charge >= 0.3 is 6.09 Å². The minimum atomic E-state index is -1.40. The lowest BCUT2D eigenvalue weighted by Crippen LogP contribution is -2.36. The molecule has 0 spiro atoms. The number of carbonyl (C=O) groups is 1. The smallest absolute Gasteiger partial charge is 0.410 e. The number of amides is 1. The molecule has 0 unspecified atom stereocenters. The molecule has 1 aromatic heterocycles. The Balaban J connectivity index is 1.89. The van der Waals surface area contributed by atoms with Crippen LogP contribution in [-0.4, -0.2) is 53.8 Å². The van der Waals surface area contributed by atoms with E-state index in [0.29, 0.717) is 19.0 Å². The van der Waals surface area contributed by atoms with E-state index in [1.54, 1.807) is 17.3 Å². The molecule has 1 N–H and O–H groups in total. The molecule has 1 amide bonds. The molecule has 0 aromatic carbocycles. The van der Waals surface area contributed by atoms with E-state index in [0.717, 1.165) is 12.0 Å². The standard InChI is InChI=1S/C18H28N4O2Si/c1-18(2,3)24-17(23)22-9-7-15(13-22)21-16-19-11-14(12-20-16)8-10-25(4,5)6/h11-12,15H,7,9,13H2,1-6H3,(H,19,20,21)/t15-/m0/s1. The van der Waals surface area contributed by atoms with Gasteiger partial charge in [0.15, 0.2) is 0 Å². The number of nitrogens with zero attached hydrogens (tertiary/aromatic N) is 3. The summed E-state index contributed by atoms with van der Waals surface area (Å²) in [6, 6.07) is 0.131. The van der Waals surface area contributed by atoms with Gasteiger partial charge in [-0.05, 0) is 27.2 Å². The van der Waals surface area contributed by atoms with Crippen molar-refractivity contribution in [3.63, 3.8) is 0 Å². The Morgan fingerprint density at radius 2 is 1.96 bits per heavy atom. The Morgan fingerprint density at radius 3 is 2.52 bits per heavy atom. The number of nitrogens with one attached hydrogen (secondary N) is 1. The molecular formula is C18H28N4O2Si. The molecule has 1 aliphatic heterocycles.